The molecule has 7 nitrogen and oxygen atoms in total. The van der Waals surface area contributed by atoms with Crippen molar-refractivity contribution in [2.75, 3.05) is 18.9 Å². The SMILES string of the molecule is C=CCN(C)S(=O)(=O)c1ccc(NCc2nc(-c3cccc(C)c3)no2)cc1. The molecule has 0 spiro atoms. The second-order valence-corrected chi connectivity index (χ2v) is 8.38. The standard InChI is InChI=1S/C20H22N4O3S/c1-4-12-24(3)28(25,26)18-10-8-17(9-11-18)21-14-19-22-20(23-27-19)16-7-5-6-15(2)13-16/h4-11,13,21H,1,12,14H2,2-3H3. The maximum absolute atomic E-state index is 12.4. The highest BCUT2D eigenvalue weighted by Crippen LogP contribution is 2.19. The lowest BCUT2D eigenvalue weighted by Gasteiger charge is -2.15. The number of nitrogens with zero attached hydrogens (tertiary/aromatic N) is 3. The van der Waals surface area contributed by atoms with Crippen LogP contribution >= 0.6 is 0 Å². The Balaban J connectivity index is 1.65. The van der Waals surface area contributed by atoms with E-state index in [4.69, 9.17) is 4.52 Å². The Bertz CT molecular complexity index is 1060. The molecule has 2 aromatic carbocycles. The lowest BCUT2D eigenvalue weighted by atomic mass is 10.1. The van der Waals surface area contributed by atoms with Gasteiger partial charge in [0.2, 0.25) is 21.7 Å². The summed E-state index contributed by atoms with van der Waals surface area (Å²) in [6.07, 6.45) is 1.54. The molecule has 1 aromatic heterocycles. The van der Waals surface area contributed by atoms with E-state index in [1.807, 2.05) is 31.2 Å². The summed E-state index contributed by atoms with van der Waals surface area (Å²) in [5.41, 5.74) is 2.77. The van der Waals surface area contributed by atoms with Gasteiger partial charge in [0.1, 0.15) is 0 Å². The molecule has 3 aromatic rings. The molecule has 146 valence electrons. The van der Waals surface area contributed by atoms with Crippen molar-refractivity contribution in [1.82, 2.24) is 14.4 Å². The van der Waals surface area contributed by atoms with Gasteiger partial charge in [0, 0.05) is 24.8 Å². The van der Waals surface area contributed by atoms with Gasteiger partial charge in [-0.05, 0) is 37.3 Å². The fourth-order valence-corrected chi connectivity index (χ4v) is 3.75. The molecule has 0 aliphatic carbocycles. The molecule has 0 aliphatic rings. The zero-order valence-corrected chi connectivity index (χ0v) is 16.6. The summed E-state index contributed by atoms with van der Waals surface area (Å²) in [4.78, 5) is 4.61. The number of hydrogen-bond acceptors (Lipinski definition) is 6. The number of nitrogens with one attached hydrogen (secondary N) is 1. The van der Waals surface area contributed by atoms with Gasteiger partial charge >= 0.3 is 0 Å². The van der Waals surface area contributed by atoms with Crippen molar-refractivity contribution in [2.45, 2.75) is 18.4 Å². The molecule has 0 saturated carbocycles. The molecule has 0 unspecified atom stereocenters. The van der Waals surface area contributed by atoms with E-state index in [9.17, 15) is 8.42 Å². The Morgan fingerprint density at radius 1 is 1.21 bits per heavy atom. The van der Waals surface area contributed by atoms with Gasteiger partial charge in [0.25, 0.3) is 0 Å². The first-order valence-corrected chi connectivity index (χ1v) is 10.1. The minimum Gasteiger partial charge on any atom is -0.376 e. The van der Waals surface area contributed by atoms with Crippen LogP contribution < -0.4 is 5.32 Å². The lowest BCUT2D eigenvalue weighted by Crippen LogP contribution is -2.26. The zero-order chi connectivity index (χ0) is 20.1. The van der Waals surface area contributed by atoms with E-state index in [0.29, 0.717) is 18.3 Å². The summed E-state index contributed by atoms with van der Waals surface area (Å²) < 4.78 is 31.3. The third-order valence-corrected chi connectivity index (χ3v) is 5.97. The van der Waals surface area contributed by atoms with Gasteiger partial charge in [0.15, 0.2) is 0 Å². The highest BCUT2D eigenvalue weighted by Gasteiger charge is 2.19. The van der Waals surface area contributed by atoms with Crippen LogP contribution in [0.2, 0.25) is 0 Å². The van der Waals surface area contributed by atoms with Crippen LogP contribution in [0.1, 0.15) is 11.5 Å². The number of aryl methyl sites for hydroxylation is 1. The maximum atomic E-state index is 12.4. The van der Waals surface area contributed by atoms with Gasteiger partial charge in [-0.1, -0.05) is 35.0 Å². The van der Waals surface area contributed by atoms with Gasteiger partial charge < -0.3 is 9.84 Å². The largest absolute Gasteiger partial charge is 0.376 e. The molecular weight excluding hydrogens is 376 g/mol. The Morgan fingerprint density at radius 2 is 1.96 bits per heavy atom. The van der Waals surface area contributed by atoms with Crippen LogP contribution in [0.3, 0.4) is 0 Å². The predicted octanol–water partition coefficient (Wildman–Crippen LogP) is 3.46. The van der Waals surface area contributed by atoms with Crippen molar-refractivity contribution in [1.29, 1.82) is 0 Å². The number of hydrogen-bond donors (Lipinski definition) is 1. The van der Waals surface area contributed by atoms with Crippen LogP contribution in [-0.2, 0) is 16.6 Å². The van der Waals surface area contributed by atoms with E-state index in [1.165, 1.54) is 11.4 Å². The van der Waals surface area contributed by atoms with Gasteiger partial charge in [-0.25, -0.2) is 8.42 Å². The number of benzene rings is 2. The van der Waals surface area contributed by atoms with Crippen molar-refractivity contribution in [2.24, 2.45) is 0 Å². The Morgan fingerprint density at radius 3 is 2.64 bits per heavy atom. The molecule has 0 aliphatic heterocycles. The molecule has 8 heteroatoms. The van der Waals surface area contributed by atoms with Crippen molar-refractivity contribution in [3.8, 4) is 11.4 Å². The molecular formula is C20H22N4O3S. The molecule has 0 saturated heterocycles. The molecule has 1 N–H and O–H groups in total. The van der Waals surface area contributed by atoms with E-state index < -0.39 is 10.0 Å². The summed E-state index contributed by atoms with van der Waals surface area (Å²) >= 11 is 0. The van der Waals surface area contributed by atoms with Crippen molar-refractivity contribution in [3.05, 3.63) is 72.6 Å². The summed E-state index contributed by atoms with van der Waals surface area (Å²) in [5, 5.41) is 7.15. The van der Waals surface area contributed by atoms with E-state index >= 15 is 0 Å². The fraction of sp³-hybridized carbons (Fsp3) is 0.200. The first kappa shape index (κ1) is 19.8. The quantitative estimate of drug-likeness (QED) is 0.585. The second kappa shape index (κ2) is 8.37. The van der Waals surface area contributed by atoms with E-state index in [-0.39, 0.29) is 11.4 Å². The summed E-state index contributed by atoms with van der Waals surface area (Å²) in [7, 11) is -2.00. The minimum absolute atomic E-state index is 0.224. The predicted molar refractivity (Wildman–Crippen MR) is 108 cm³/mol. The molecule has 0 atom stereocenters. The second-order valence-electron chi connectivity index (χ2n) is 6.33. The number of anilines is 1. The zero-order valence-electron chi connectivity index (χ0n) is 15.8. The summed E-state index contributed by atoms with van der Waals surface area (Å²) in [6.45, 7) is 6.16. The first-order chi connectivity index (χ1) is 13.4. The van der Waals surface area contributed by atoms with Crippen LogP contribution in [0.4, 0.5) is 5.69 Å². The van der Waals surface area contributed by atoms with Crippen molar-refractivity contribution < 1.29 is 12.9 Å². The number of rotatable bonds is 8. The van der Waals surface area contributed by atoms with Gasteiger partial charge in [-0.3, -0.25) is 0 Å². The van der Waals surface area contributed by atoms with E-state index in [0.717, 1.165) is 16.8 Å². The van der Waals surface area contributed by atoms with Crippen LogP contribution in [0.15, 0.2) is 70.6 Å². The molecule has 28 heavy (non-hydrogen) atoms. The number of likely N-dealkylation sites (N-methyl/N-ethyl adjacent to an activating group) is 1. The fourth-order valence-electron chi connectivity index (χ4n) is 2.61. The summed E-state index contributed by atoms with van der Waals surface area (Å²) in [6, 6.07) is 14.4. The minimum atomic E-state index is -3.52. The molecule has 0 amide bonds. The van der Waals surface area contributed by atoms with Gasteiger partial charge in [-0.15, -0.1) is 6.58 Å². The van der Waals surface area contributed by atoms with E-state index in [2.05, 4.69) is 22.0 Å². The average Bonchev–Trinajstić information content (AvgIpc) is 3.16. The van der Waals surface area contributed by atoms with Crippen LogP contribution in [0, 0.1) is 6.92 Å². The summed E-state index contributed by atoms with van der Waals surface area (Å²) in [5.74, 6) is 0.978. The first-order valence-electron chi connectivity index (χ1n) is 8.71. The number of sulfonamides is 1. The van der Waals surface area contributed by atoms with E-state index in [1.54, 1.807) is 30.3 Å². The van der Waals surface area contributed by atoms with Crippen LogP contribution in [-0.4, -0.2) is 36.5 Å². The monoisotopic (exact) mass is 398 g/mol. The van der Waals surface area contributed by atoms with Crippen molar-refractivity contribution >= 4 is 15.7 Å². The third kappa shape index (κ3) is 4.47. The van der Waals surface area contributed by atoms with Crippen LogP contribution in [0.25, 0.3) is 11.4 Å². The topological polar surface area (TPSA) is 88.3 Å². The lowest BCUT2D eigenvalue weighted by molar-refractivity contribution is 0.384. The molecule has 0 radical (unpaired) electrons. The molecule has 0 fully saturated rings. The average molecular weight is 398 g/mol. The highest BCUT2D eigenvalue weighted by molar-refractivity contribution is 7.89. The van der Waals surface area contributed by atoms with Gasteiger partial charge in [-0.2, -0.15) is 9.29 Å². The Hall–Kier alpha value is -2.97. The van der Waals surface area contributed by atoms with Crippen LogP contribution in [0.5, 0.6) is 0 Å². The molecule has 3 rings (SSSR count). The Kier molecular flexibility index (Phi) is 5.91. The number of aromatic nitrogens is 2. The van der Waals surface area contributed by atoms with Crippen molar-refractivity contribution in [3.63, 3.8) is 0 Å². The normalized spacial score (nSPS) is 11.5. The molecule has 1 heterocycles. The van der Waals surface area contributed by atoms with Gasteiger partial charge in [0.05, 0.1) is 11.4 Å². The highest BCUT2D eigenvalue weighted by atomic mass is 32.2. The molecule has 0 bridgehead atoms. The maximum Gasteiger partial charge on any atom is 0.246 e. The third-order valence-electron chi connectivity index (χ3n) is 4.14. The Labute approximate surface area is 164 Å². The smallest absolute Gasteiger partial charge is 0.246 e.